The molecule has 0 amide bonds. The lowest BCUT2D eigenvalue weighted by atomic mass is 10.0. The maximum absolute atomic E-state index is 10.9. The second-order valence-electron chi connectivity index (χ2n) is 5.31. The quantitative estimate of drug-likeness (QED) is 0.885. The molecule has 0 aromatic carbocycles. The number of aryl methyl sites for hydroxylation is 1. The summed E-state index contributed by atoms with van der Waals surface area (Å²) in [7, 11) is 2.02. The van der Waals surface area contributed by atoms with Crippen molar-refractivity contribution in [3.05, 3.63) is 23.2 Å². The van der Waals surface area contributed by atoms with Crippen molar-refractivity contribution in [1.82, 2.24) is 4.90 Å². The van der Waals surface area contributed by atoms with Gasteiger partial charge in [0.05, 0.1) is 13.2 Å². The fraction of sp³-hybridized carbons (Fsp3) is 0.643. The van der Waals surface area contributed by atoms with Gasteiger partial charge in [-0.1, -0.05) is 0 Å². The van der Waals surface area contributed by atoms with Crippen molar-refractivity contribution in [1.29, 1.82) is 0 Å². The van der Waals surface area contributed by atoms with Gasteiger partial charge in [0.25, 0.3) is 0 Å². The third kappa shape index (κ3) is 3.81. The van der Waals surface area contributed by atoms with E-state index in [0.717, 1.165) is 26.2 Å². The Labute approximate surface area is 113 Å². The molecule has 1 aromatic rings. The maximum Gasteiger partial charge on any atom is 0.372 e. The van der Waals surface area contributed by atoms with Crippen molar-refractivity contribution in [2.24, 2.45) is 5.92 Å². The minimum atomic E-state index is -1.01. The summed E-state index contributed by atoms with van der Waals surface area (Å²) in [6.45, 7) is 5.03. The number of hydrogen-bond acceptors (Lipinski definition) is 4. The van der Waals surface area contributed by atoms with Crippen LogP contribution in [0.1, 0.15) is 34.7 Å². The van der Waals surface area contributed by atoms with Gasteiger partial charge in [0, 0.05) is 18.7 Å². The Hall–Kier alpha value is -1.33. The molecule has 0 spiro atoms. The molecular formula is C14H21NO4. The minimum Gasteiger partial charge on any atom is -0.475 e. The molecule has 5 heteroatoms. The zero-order valence-electron chi connectivity index (χ0n) is 11.5. The van der Waals surface area contributed by atoms with Crippen LogP contribution in [0, 0.1) is 12.8 Å². The highest BCUT2D eigenvalue weighted by Crippen LogP contribution is 2.18. The minimum absolute atomic E-state index is 0.0457. The van der Waals surface area contributed by atoms with Crippen LogP contribution in [0.15, 0.2) is 10.5 Å². The lowest BCUT2D eigenvalue weighted by Gasteiger charge is -2.26. The molecule has 1 aromatic heterocycles. The molecular weight excluding hydrogens is 246 g/mol. The summed E-state index contributed by atoms with van der Waals surface area (Å²) >= 11 is 0. The van der Waals surface area contributed by atoms with Gasteiger partial charge in [-0.2, -0.15) is 0 Å². The third-order valence-corrected chi connectivity index (χ3v) is 3.41. The van der Waals surface area contributed by atoms with Gasteiger partial charge >= 0.3 is 5.97 Å². The van der Waals surface area contributed by atoms with Crippen LogP contribution in [-0.2, 0) is 11.3 Å². The Bertz CT molecular complexity index is 435. The fourth-order valence-corrected chi connectivity index (χ4v) is 2.56. The molecule has 0 bridgehead atoms. The number of hydrogen-bond donors (Lipinski definition) is 1. The summed E-state index contributed by atoms with van der Waals surface area (Å²) in [6, 6.07) is 1.80. The SMILES string of the molecule is Cc1cc(CN(C)CC2CCCOC2)oc1C(=O)O. The zero-order chi connectivity index (χ0) is 13.8. The van der Waals surface area contributed by atoms with E-state index in [-0.39, 0.29) is 5.76 Å². The summed E-state index contributed by atoms with van der Waals surface area (Å²) in [6.07, 6.45) is 2.32. The van der Waals surface area contributed by atoms with Gasteiger partial charge < -0.3 is 14.3 Å². The Morgan fingerprint density at radius 3 is 2.95 bits per heavy atom. The molecule has 2 rings (SSSR count). The van der Waals surface area contributed by atoms with E-state index in [4.69, 9.17) is 14.3 Å². The van der Waals surface area contributed by atoms with Crippen LogP contribution in [-0.4, -0.2) is 42.8 Å². The molecule has 0 radical (unpaired) electrons. The molecule has 106 valence electrons. The van der Waals surface area contributed by atoms with Crippen LogP contribution in [0.25, 0.3) is 0 Å². The smallest absolute Gasteiger partial charge is 0.372 e. The van der Waals surface area contributed by atoms with E-state index >= 15 is 0 Å². The first kappa shape index (κ1) is 14.1. The van der Waals surface area contributed by atoms with E-state index in [2.05, 4.69) is 4.90 Å². The van der Waals surface area contributed by atoms with E-state index in [1.54, 1.807) is 13.0 Å². The molecule has 1 N–H and O–H groups in total. The van der Waals surface area contributed by atoms with Crippen LogP contribution in [0.3, 0.4) is 0 Å². The van der Waals surface area contributed by atoms with Crippen molar-refractivity contribution in [3.8, 4) is 0 Å². The summed E-state index contributed by atoms with van der Waals surface area (Å²) < 4.78 is 10.8. The van der Waals surface area contributed by atoms with Gasteiger partial charge in [0.1, 0.15) is 5.76 Å². The second kappa shape index (κ2) is 6.21. The van der Waals surface area contributed by atoms with Crippen LogP contribution < -0.4 is 0 Å². The second-order valence-corrected chi connectivity index (χ2v) is 5.31. The van der Waals surface area contributed by atoms with Crippen LogP contribution >= 0.6 is 0 Å². The Balaban J connectivity index is 1.89. The molecule has 2 heterocycles. The van der Waals surface area contributed by atoms with Crippen molar-refractivity contribution >= 4 is 5.97 Å². The third-order valence-electron chi connectivity index (χ3n) is 3.41. The number of furan rings is 1. The fourth-order valence-electron chi connectivity index (χ4n) is 2.56. The predicted octanol–water partition coefficient (Wildman–Crippen LogP) is 2.14. The highest BCUT2D eigenvalue weighted by Gasteiger charge is 2.18. The van der Waals surface area contributed by atoms with Crippen molar-refractivity contribution in [2.45, 2.75) is 26.3 Å². The van der Waals surface area contributed by atoms with Gasteiger partial charge in [-0.3, -0.25) is 4.90 Å². The van der Waals surface area contributed by atoms with Crippen molar-refractivity contribution in [2.75, 3.05) is 26.8 Å². The van der Waals surface area contributed by atoms with Crippen molar-refractivity contribution in [3.63, 3.8) is 0 Å². The van der Waals surface area contributed by atoms with E-state index in [0.29, 0.717) is 23.8 Å². The topological polar surface area (TPSA) is 62.9 Å². The first-order valence-electron chi connectivity index (χ1n) is 6.65. The molecule has 1 fully saturated rings. The molecule has 1 saturated heterocycles. The standard InChI is InChI=1S/C14H21NO4/c1-10-6-12(19-13(10)14(16)17)8-15(2)7-11-4-3-5-18-9-11/h6,11H,3-5,7-9H2,1-2H3,(H,16,17). The molecule has 1 aliphatic rings. The normalized spacial score (nSPS) is 19.8. The summed E-state index contributed by atoms with van der Waals surface area (Å²) in [5.41, 5.74) is 0.678. The lowest BCUT2D eigenvalue weighted by molar-refractivity contribution is 0.0402. The van der Waals surface area contributed by atoms with Gasteiger partial charge in [0.2, 0.25) is 5.76 Å². The first-order chi connectivity index (χ1) is 9.06. The maximum atomic E-state index is 10.9. The molecule has 0 aliphatic carbocycles. The summed E-state index contributed by atoms with van der Waals surface area (Å²) in [5, 5.41) is 8.95. The number of carboxylic acid groups (broad SMARTS) is 1. The molecule has 5 nitrogen and oxygen atoms in total. The van der Waals surface area contributed by atoms with E-state index in [1.807, 2.05) is 7.05 Å². The average Bonchev–Trinajstić information content (AvgIpc) is 2.71. The Morgan fingerprint density at radius 2 is 2.37 bits per heavy atom. The Kier molecular flexibility index (Phi) is 4.61. The van der Waals surface area contributed by atoms with E-state index in [9.17, 15) is 4.79 Å². The number of carboxylic acids is 1. The number of carbonyl (C=O) groups is 1. The van der Waals surface area contributed by atoms with Gasteiger partial charge in [-0.15, -0.1) is 0 Å². The molecule has 1 unspecified atom stereocenters. The molecule has 1 aliphatic heterocycles. The number of aromatic carboxylic acids is 1. The van der Waals surface area contributed by atoms with Crippen LogP contribution in [0.5, 0.6) is 0 Å². The number of nitrogens with zero attached hydrogens (tertiary/aromatic N) is 1. The van der Waals surface area contributed by atoms with Gasteiger partial charge in [-0.05, 0) is 38.8 Å². The molecule has 19 heavy (non-hydrogen) atoms. The molecule has 0 saturated carbocycles. The average molecular weight is 267 g/mol. The molecule has 1 atom stereocenters. The van der Waals surface area contributed by atoms with Crippen LogP contribution in [0.4, 0.5) is 0 Å². The van der Waals surface area contributed by atoms with E-state index in [1.165, 1.54) is 6.42 Å². The zero-order valence-corrected chi connectivity index (χ0v) is 11.5. The predicted molar refractivity (Wildman–Crippen MR) is 70.3 cm³/mol. The van der Waals surface area contributed by atoms with Crippen molar-refractivity contribution < 1.29 is 19.1 Å². The summed E-state index contributed by atoms with van der Waals surface area (Å²) in [5.74, 6) is 0.305. The highest BCUT2D eigenvalue weighted by atomic mass is 16.5. The monoisotopic (exact) mass is 267 g/mol. The van der Waals surface area contributed by atoms with E-state index < -0.39 is 5.97 Å². The summed E-state index contributed by atoms with van der Waals surface area (Å²) in [4.78, 5) is 13.1. The van der Waals surface area contributed by atoms with Gasteiger partial charge in [-0.25, -0.2) is 4.79 Å². The highest BCUT2D eigenvalue weighted by molar-refractivity contribution is 5.86. The largest absolute Gasteiger partial charge is 0.475 e. The number of ether oxygens (including phenoxy) is 1. The lowest BCUT2D eigenvalue weighted by Crippen LogP contribution is -2.30. The van der Waals surface area contributed by atoms with Crippen LogP contribution in [0.2, 0.25) is 0 Å². The number of rotatable bonds is 5. The Morgan fingerprint density at radius 1 is 1.58 bits per heavy atom. The first-order valence-corrected chi connectivity index (χ1v) is 6.65. The van der Waals surface area contributed by atoms with Gasteiger partial charge in [0.15, 0.2) is 0 Å².